The lowest BCUT2D eigenvalue weighted by molar-refractivity contribution is -0.597. The second kappa shape index (κ2) is 5.69. The summed E-state index contributed by atoms with van der Waals surface area (Å²) in [6.07, 6.45) is 3.57. The van der Waals surface area contributed by atoms with Crippen molar-refractivity contribution in [3.8, 4) is 0 Å². The molecule has 0 aliphatic carbocycles. The van der Waals surface area contributed by atoms with Crippen molar-refractivity contribution in [2.45, 2.75) is 6.61 Å². The zero-order valence-corrected chi connectivity index (χ0v) is 7.07. The Bertz CT molecular complexity index is 201. The Labute approximate surface area is 72.8 Å². The number of aromatic nitrogens is 1. The molecule has 0 amide bonds. The van der Waals surface area contributed by atoms with Gasteiger partial charge >= 0.3 is 0 Å². The molecule has 0 bridgehead atoms. The molecule has 1 heterocycles. The zero-order valence-electron chi connectivity index (χ0n) is 7.07. The fourth-order valence-electron chi connectivity index (χ4n) is 0.840. The minimum absolute atomic E-state index is 0.641. The molecule has 3 nitrogen and oxygen atoms in total. The molecule has 66 valence electrons. The predicted molar refractivity (Wildman–Crippen MR) is 46.0 cm³/mol. The molecule has 0 spiro atoms. The van der Waals surface area contributed by atoms with E-state index in [2.05, 4.69) is 12.0 Å². The van der Waals surface area contributed by atoms with Crippen LogP contribution in [0.3, 0.4) is 0 Å². The summed E-state index contributed by atoms with van der Waals surface area (Å²) in [6.45, 7) is 2.28. The molecule has 1 rings (SSSR count). The Kier molecular flexibility index (Phi) is 4.34. The molecule has 0 saturated heterocycles. The van der Waals surface area contributed by atoms with Crippen molar-refractivity contribution < 1.29 is 10.1 Å². The predicted octanol–water partition coefficient (Wildman–Crippen LogP) is -0.0468. The molecule has 0 aliphatic rings. The number of rotatable bonds is 5. The first kappa shape index (κ1) is 9.16. The van der Waals surface area contributed by atoms with Crippen LogP contribution in [-0.4, -0.2) is 18.1 Å². The van der Waals surface area contributed by atoms with Crippen molar-refractivity contribution in [3.63, 3.8) is 0 Å². The van der Waals surface area contributed by atoms with Crippen LogP contribution in [0.25, 0.3) is 0 Å². The standard InChI is InChI=1S/C9H14N2O/c1-10-5-6-12-8-9-3-2-4-11-7-9/h2-4,7H,1,5-6,8,10H2. The number of hydrogen-bond acceptors (Lipinski definition) is 2. The first-order valence-electron chi connectivity index (χ1n) is 4.01. The van der Waals surface area contributed by atoms with Crippen molar-refractivity contribution in [2.75, 3.05) is 13.2 Å². The van der Waals surface area contributed by atoms with Crippen LogP contribution < -0.4 is 5.32 Å². The van der Waals surface area contributed by atoms with Crippen molar-refractivity contribution >= 4 is 0 Å². The Morgan fingerprint density at radius 3 is 3.17 bits per heavy atom. The van der Waals surface area contributed by atoms with E-state index in [0.29, 0.717) is 6.61 Å². The molecule has 2 N–H and O–H groups in total. The summed E-state index contributed by atoms with van der Waals surface area (Å²) >= 11 is 0. The molecule has 3 heteroatoms. The van der Waals surface area contributed by atoms with E-state index in [-0.39, 0.29) is 0 Å². The van der Waals surface area contributed by atoms with E-state index in [9.17, 15) is 0 Å². The number of ether oxygens (including phenoxy) is 1. The normalized spacial score (nSPS) is 10.1. The Morgan fingerprint density at radius 1 is 1.58 bits per heavy atom. The van der Waals surface area contributed by atoms with E-state index < -0.39 is 0 Å². The van der Waals surface area contributed by atoms with Crippen LogP contribution in [0.2, 0.25) is 0 Å². The van der Waals surface area contributed by atoms with E-state index in [1.807, 2.05) is 23.6 Å². The van der Waals surface area contributed by atoms with Crippen LogP contribution in [-0.2, 0) is 11.3 Å². The summed E-state index contributed by atoms with van der Waals surface area (Å²) in [4.78, 5) is 3.98. The summed E-state index contributed by atoms with van der Waals surface area (Å²) in [7, 11) is 3.61. The molecular weight excluding hydrogens is 152 g/mol. The number of quaternary nitrogens is 1. The first-order valence-corrected chi connectivity index (χ1v) is 4.01. The highest BCUT2D eigenvalue weighted by Crippen LogP contribution is 1.96. The highest BCUT2D eigenvalue weighted by Gasteiger charge is 1.90. The molecule has 0 aliphatic heterocycles. The highest BCUT2D eigenvalue weighted by atomic mass is 16.5. The van der Waals surface area contributed by atoms with E-state index in [1.54, 1.807) is 6.20 Å². The average molecular weight is 166 g/mol. The quantitative estimate of drug-likeness (QED) is 0.492. The molecule has 1 aromatic heterocycles. The summed E-state index contributed by atoms with van der Waals surface area (Å²) < 4.78 is 5.35. The van der Waals surface area contributed by atoms with Gasteiger partial charge in [-0.05, 0) is 11.6 Å². The van der Waals surface area contributed by atoms with Crippen molar-refractivity contribution in [3.05, 3.63) is 37.1 Å². The van der Waals surface area contributed by atoms with Gasteiger partial charge in [-0.2, -0.15) is 7.05 Å². The summed E-state index contributed by atoms with van der Waals surface area (Å²) in [5, 5.41) is 1.85. The third kappa shape index (κ3) is 3.46. The van der Waals surface area contributed by atoms with Crippen LogP contribution in [0.1, 0.15) is 5.56 Å². The van der Waals surface area contributed by atoms with Gasteiger partial charge in [0, 0.05) is 12.4 Å². The number of pyridine rings is 1. The van der Waals surface area contributed by atoms with Crippen LogP contribution in [0.5, 0.6) is 0 Å². The maximum atomic E-state index is 5.35. The Balaban J connectivity index is 2.16. The lowest BCUT2D eigenvalue weighted by atomic mass is 10.3. The average Bonchev–Trinajstić information content (AvgIpc) is 2.14. The van der Waals surface area contributed by atoms with Gasteiger partial charge in [0.25, 0.3) is 0 Å². The van der Waals surface area contributed by atoms with Gasteiger partial charge < -0.3 is 10.1 Å². The molecule has 0 aromatic carbocycles. The van der Waals surface area contributed by atoms with Gasteiger partial charge in [0.05, 0.1) is 19.8 Å². The van der Waals surface area contributed by atoms with E-state index in [1.165, 1.54) is 0 Å². The second-order valence-corrected chi connectivity index (χ2v) is 2.49. The van der Waals surface area contributed by atoms with Gasteiger partial charge in [-0.3, -0.25) is 4.98 Å². The van der Waals surface area contributed by atoms with Gasteiger partial charge in [0.15, 0.2) is 0 Å². The van der Waals surface area contributed by atoms with Crippen LogP contribution in [0.4, 0.5) is 0 Å². The molecule has 0 saturated carbocycles. The maximum Gasteiger partial charge on any atom is 0.0938 e. The summed E-state index contributed by atoms with van der Waals surface area (Å²) in [5.74, 6) is 0. The lowest BCUT2D eigenvalue weighted by Crippen LogP contribution is -2.78. The molecule has 12 heavy (non-hydrogen) atoms. The van der Waals surface area contributed by atoms with E-state index in [0.717, 1.165) is 18.7 Å². The number of nitrogens with zero attached hydrogens (tertiary/aromatic N) is 1. The van der Waals surface area contributed by atoms with Gasteiger partial charge in [0.2, 0.25) is 0 Å². The van der Waals surface area contributed by atoms with Gasteiger partial charge in [0.1, 0.15) is 0 Å². The van der Waals surface area contributed by atoms with Gasteiger partial charge in [-0.1, -0.05) is 6.07 Å². The monoisotopic (exact) mass is 166 g/mol. The minimum atomic E-state index is 0.641. The Hall–Kier alpha value is -0.930. The van der Waals surface area contributed by atoms with Crippen LogP contribution >= 0.6 is 0 Å². The fourth-order valence-corrected chi connectivity index (χ4v) is 0.840. The Morgan fingerprint density at radius 2 is 2.50 bits per heavy atom. The van der Waals surface area contributed by atoms with E-state index in [4.69, 9.17) is 4.74 Å². The fraction of sp³-hybridized carbons (Fsp3) is 0.333. The van der Waals surface area contributed by atoms with Crippen molar-refractivity contribution in [1.82, 2.24) is 4.98 Å². The molecular formula is C9H14N2O. The van der Waals surface area contributed by atoms with Crippen molar-refractivity contribution in [1.29, 1.82) is 0 Å². The zero-order chi connectivity index (χ0) is 8.65. The minimum Gasteiger partial charge on any atom is -0.477 e. The van der Waals surface area contributed by atoms with Crippen LogP contribution in [0.15, 0.2) is 24.5 Å². The van der Waals surface area contributed by atoms with Crippen molar-refractivity contribution in [2.24, 2.45) is 0 Å². The maximum absolute atomic E-state index is 5.35. The smallest absolute Gasteiger partial charge is 0.0938 e. The topological polar surface area (TPSA) is 38.7 Å². The molecule has 0 atom stereocenters. The SMILES string of the molecule is [CH2-][NH2+]CCOCc1cccnc1. The molecule has 0 unspecified atom stereocenters. The molecule has 0 fully saturated rings. The number of hydrogen-bond donors (Lipinski definition) is 1. The largest absolute Gasteiger partial charge is 0.477 e. The molecule has 1 aromatic rings. The summed E-state index contributed by atoms with van der Waals surface area (Å²) in [6, 6.07) is 3.91. The third-order valence-corrected chi connectivity index (χ3v) is 1.46. The first-order chi connectivity index (χ1) is 5.93. The van der Waals surface area contributed by atoms with E-state index >= 15 is 0 Å². The van der Waals surface area contributed by atoms with Gasteiger partial charge in [-0.15, -0.1) is 0 Å². The summed E-state index contributed by atoms with van der Waals surface area (Å²) in [5.41, 5.74) is 1.11. The third-order valence-electron chi connectivity index (χ3n) is 1.46. The van der Waals surface area contributed by atoms with Gasteiger partial charge in [-0.25, -0.2) is 0 Å². The highest BCUT2D eigenvalue weighted by molar-refractivity contribution is 5.06. The second-order valence-electron chi connectivity index (χ2n) is 2.49. The molecule has 0 radical (unpaired) electrons. The van der Waals surface area contributed by atoms with Crippen LogP contribution in [0, 0.1) is 7.05 Å². The number of nitrogens with two attached hydrogens (primary N) is 1. The lowest BCUT2D eigenvalue weighted by Gasteiger charge is -2.02.